The highest BCUT2D eigenvalue weighted by atomic mass is 16.6. The van der Waals surface area contributed by atoms with E-state index in [1.165, 1.54) is 24.0 Å². The fourth-order valence-corrected chi connectivity index (χ4v) is 4.45. The van der Waals surface area contributed by atoms with Crippen molar-refractivity contribution in [1.29, 1.82) is 0 Å². The van der Waals surface area contributed by atoms with Crippen LogP contribution >= 0.6 is 0 Å². The molecule has 0 bridgehead atoms. The lowest BCUT2D eigenvalue weighted by Gasteiger charge is -2.51. The lowest BCUT2D eigenvalue weighted by Crippen LogP contribution is -2.46. The highest BCUT2D eigenvalue weighted by Crippen LogP contribution is 2.57. The van der Waals surface area contributed by atoms with Crippen LogP contribution in [0.2, 0.25) is 0 Å². The van der Waals surface area contributed by atoms with Crippen LogP contribution in [-0.4, -0.2) is 5.97 Å². The third-order valence-electron chi connectivity index (χ3n) is 6.43. The topological polar surface area (TPSA) is 39.4 Å². The molecule has 0 amide bonds. The minimum absolute atomic E-state index is 0.175. The number of furan rings is 1. The van der Waals surface area contributed by atoms with Crippen LogP contribution in [0.5, 0.6) is 0 Å². The van der Waals surface area contributed by atoms with E-state index in [4.69, 9.17) is 9.15 Å². The highest BCUT2D eigenvalue weighted by Gasteiger charge is 2.52. The van der Waals surface area contributed by atoms with E-state index in [9.17, 15) is 4.79 Å². The van der Waals surface area contributed by atoms with Crippen molar-refractivity contribution in [2.45, 2.75) is 66.4 Å². The summed E-state index contributed by atoms with van der Waals surface area (Å²) in [6.07, 6.45) is 7.98. The summed E-state index contributed by atoms with van der Waals surface area (Å²) in [6.45, 7) is 10.5. The van der Waals surface area contributed by atoms with Gasteiger partial charge in [-0.1, -0.05) is 32.8 Å². The monoisotopic (exact) mass is 316 g/mol. The Labute approximate surface area is 139 Å². The molecule has 0 aromatic carbocycles. The van der Waals surface area contributed by atoms with Crippen LogP contribution in [0.1, 0.15) is 69.9 Å². The number of hydrogen-bond donors (Lipinski definition) is 0. The summed E-state index contributed by atoms with van der Waals surface area (Å²) in [5.41, 5.74) is 3.27. The van der Waals surface area contributed by atoms with Crippen LogP contribution in [0.4, 0.5) is 0 Å². The molecule has 1 saturated carbocycles. The van der Waals surface area contributed by atoms with Gasteiger partial charge in [-0.3, -0.25) is 0 Å². The molecule has 0 spiro atoms. The predicted octanol–water partition coefficient (Wildman–Crippen LogP) is 5.14. The third kappa shape index (κ3) is 2.54. The average molecular weight is 316 g/mol. The molecule has 3 nitrogen and oxygen atoms in total. The third-order valence-corrected chi connectivity index (χ3v) is 6.43. The van der Waals surface area contributed by atoms with Gasteiger partial charge in [0, 0.05) is 17.1 Å². The quantitative estimate of drug-likeness (QED) is 0.560. The van der Waals surface area contributed by atoms with Crippen LogP contribution in [0.3, 0.4) is 0 Å². The standard InChI is InChI=1S/C20H28O3/c1-6-12(2)19(21)23-18-16-9-7-8-14(4)20(16,5)10-15-13(3)11-22-17(15)18/h6,11,14,16,18H,7-10H2,1-5H3/t14-,16-,18-,20+/m0/s1. The Morgan fingerprint density at radius 2 is 2.17 bits per heavy atom. The lowest BCUT2D eigenvalue weighted by atomic mass is 9.55. The largest absolute Gasteiger partial charge is 0.465 e. The van der Waals surface area contributed by atoms with Crippen molar-refractivity contribution in [3.63, 3.8) is 0 Å². The van der Waals surface area contributed by atoms with Crippen LogP contribution in [-0.2, 0) is 16.0 Å². The minimum atomic E-state index is -0.248. The molecule has 1 aromatic rings. The summed E-state index contributed by atoms with van der Waals surface area (Å²) in [7, 11) is 0. The number of ether oxygens (including phenoxy) is 1. The molecule has 1 aromatic heterocycles. The van der Waals surface area contributed by atoms with Crippen LogP contribution in [0.25, 0.3) is 0 Å². The number of carbonyl (C=O) groups is 1. The molecule has 3 rings (SSSR count). The lowest BCUT2D eigenvalue weighted by molar-refractivity contribution is -0.157. The molecule has 1 heterocycles. The van der Waals surface area contributed by atoms with Gasteiger partial charge in [0.25, 0.3) is 0 Å². The summed E-state index contributed by atoms with van der Waals surface area (Å²) in [5.74, 6) is 1.64. The minimum Gasteiger partial charge on any atom is -0.465 e. The van der Waals surface area contributed by atoms with E-state index < -0.39 is 0 Å². The van der Waals surface area contributed by atoms with Gasteiger partial charge in [0.15, 0.2) is 6.10 Å². The highest BCUT2D eigenvalue weighted by molar-refractivity contribution is 5.87. The molecule has 2 aliphatic rings. The number of fused-ring (bicyclic) bond motifs is 2. The maximum absolute atomic E-state index is 12.4. The summed E-state index contributed by atoms with van der Waals surface area (Å²) < 4.78 is 11.8. The van der Waals surface area contributed by atoms with Gasteiger partial charge in [-0.05, 0) is 50.5 Å². The maximum Gasteiger partial charge on any atom is 0.334 e. The van der Waals surface area contributed by atoms with E-state index in [1.807, 2.05) is 26.2 Å². The first-order chi connectivity index (χ1) is 10.9. The van der Waals surface area contributed by atoms with Gasteiger partial charge in [-0.2, -0.15) is 0 Å². The number of esters is 1. The Morgan fingerprint density at radius 1 is 1.43 bits per heavy atom. The molecule has 0 radical (unpaired) electrons. The Hall–Kier alpha value is -1.51. The number of carbonyl (C=O) groups excluding carboxylic acids is 1. The number of hydrogen-bond acceptors (Lipinski definition) is 3. The first-order valence-electron chi connectivity index (χ1n) is 8.79. The van der Waals surface area contributed by atoms with Gasteiger partial charge < -0.3 is 9.15 Å². The molecule has 126 valence electrons. The summed E-state index contributed by atoms with van der Waals surface area (Å²) in [6, 6.07) is 0. The van der Waals surface area contributed by atoms with Gasteiger partial charge in [0.2, 0.25) is 0 Å². The summed E-state index contributed by atoms with van der Waals surface area (Å²) >= 11 is 0. The van der Waals surface area contributed by atoms with Crippen molar-refractivity contribution in [2.24, 2.45) is 17.3 Å². The van der Waals surface area contributed by atoms with Crippen LogP contribution in [0.15, 0.2) is 22.3 Å². The molecule has 1 fully saturated rings. The van der Waals surface area contributed by atoms with Crippen molar-refractivity contribution in [3.8, 4) is 0 Å². The normalized spacial score (nSPS) is 33.8. The first kappa shape index (κ1) is 16.4. The fourth-order valence-electron chi connectivity index (χ4n) is 4.45. The summed E-state index contributed by atoms with van der Waals surface area (Å²) in [5, 5.41) is 0. The second-order valence-electron chi connectivity index (χ2n) is 7.68. The molecule has 0 aliphatic heterocycles. The van der Waals surface area contributed by atoms with Crippen molar-refractivity contribution in [1.82, 2.24) is 0 Å². The zero-order chi connectivity index (χ0) is 16.8. The van der Waals surface area contributed by atoms with Gasteiger partial charge in [-0.15, -0.1) is 0 Å². The Morgan fingerprint density at radius 3 is 2.87 bits per heavy atom. The number of allylic oxidation sites excluding steroid dienone is 1. The molecule has 4 atom stereocenters. The van der Waals surface area contributed by atoms with E-state index in [1.54, 1.807) is 0 Å². The van der Waals surface area contributed by atoms with E-state index in [0.29, 0.717) is 17.4 Å². The van der Waals surface area contributed by atoms with Crippen LogP contribution < -0.4 is 0 Å². The van der Waals surface area contributed by atoms with E-state index >= 15 is 0 Å². The second-order valence-corrected chi connectivity index (χ2v) is 7.68. The Kier molecular flexibility index (Phi) is 4.16. The van der Waals surface area contributed by atoms with Gasteiger partial charge >= 0.3 is 5.97 Å². The van der Waals surface area contributed by atoms with Crippen molar-refractivity contribution in [3.05, 3.63) is 34.8 Å². The molecule has 23 heavy (non-hydrogen) atoms. The Bertz CT molecular complexity index is 639. The maximum atomic E-state index is 12.4. The zero-order valence-electron chi connectivity index (χ0n) is 14.9. The smallest absolute Gasteiger partial charge is 0.334 e. The molecule has 0 N–H and O–H groups in total. The zero-order valence-corrected chi connectivity index (χ0v) is 14.9. The van der Waals surface area contributed by atoms with Crippen molar-refractivity contribution in [2.75, 3.05) is 0 Å². The van der Waals surface area contributed by atoms with E-state index in [-0.39, 0.29) is 17.5 Å². The molecular weight excluding hydrogens is 288 g/mol. The van der Waals surface area contributed by atoms with Gasteiger partial charge in [0.05, 0.1) is 6.26 Å². The average Bonchev–Trinajstić information content (AvgIpc) is 2.88. The van der Waals surface area contributed by atoms with Crippen LogP contribution in [0, 0.1) is 24.2 Å². The summed E-state index contributed by atoms with van der Waals surface area (Å²) in [4.78, 5) is 12.4. The Balaban J connectivity index is 2.02. The fraction of sp³-hybridized carbons (Fsp3) is 0.650. The van der Waals surface area contributed by atoms with E-state index in [0.717, 1.165) is 18.6 Å². The molecule has 0 saturated heterocycles. The second kappa shape index (κ2) is 5.85. The first-order valence-corrected chi connectivity index (χ1v) is 8.79. The van der Waals surface area contributed by atoms with Gasteiger partial charge in [-0.25, -0.2) is 4.79 Å². The molecule has 0 unspecified atom stereocenters. The number of rotatable bonds is 2. The van der Waals surface area contributed by atoms with E-state index in [2.05, 4.69) is 20.8 Å². The SMILES string of the molecule is CC=C(C)C(=O)O[C@@H]1c2occ(C)c2C[C@]2(C)[C@@H](C)CCC[C@@H]12. The predicted molar refractivity (Wildman–Crippen MR) is 90.0 cm³/mol. The molecular formula is C20H28O3. The van der Waals surface area contributed by atoms with Crippen molar-refractivity contribution < 1.29 is 13.9 Å². The number of aryl methyl sites for hydroxylation is 1. The molecule has 3 heteroatoms. The molecule has 2 aliphatic carbocycles. The van der Waals surface area contributed by atoms with Crippen molar-refractivity contribution >= 4 is 5.97 Å². The van der Waals surface area contributed by atoms with Gasteiger partial charge in [0.1, 0.15) is 5.76 Å².